The average molecular weight is 315 g/mol. The van der Waals surface area contributed by atoms with Crippen LogP contribution in [0.5, 0.6) is 0 Å². The molecular weight excluding hydrogens is 290 g/mol. The van der Waals surface area contributed by atoms with Crippen molar-refractivity contribution in [3.63, 3.8) is 0 Å². The summed E-state index contributed by atoms with van der Waals surface area (Å²) in [6, 6.07) is 0.0856. The van der Waals surface area contributed by atoms with E-state index in [1.807, 2.05) is 6.08 Å². The van der Waals surface area contributed by atoms with Crippen LogP contribution in [-0.4, -0.2) is 31.8 Å². The molecule has 120 valence electrons. The summed E-state index contributed by atoms with van der Waals surface area (Å²) in [7, 11) is -3.15. The van der Waals surface area contributed by atoms with E-state index in [-0.39, 0.29) is 12.5 Å². The predicted molar refractivity (Wildman–Crippen MR) is 81.3 cm³/mol. The highest BCUT2D eigenvalue weighted by atomic mass is 32.2. The van der Waals surface area contributed by atoms with Crippen LogP contribution in [0.25, 0.3) is 0 Å². The summed E-state index contributed by atoms with van der Waals surface area (Å²) >= 11 is 0. The van der Waals surface area contributed by atoms with Gasteiger partial charge in [0.1, 0.15) is 0 Å². The van der Waals surface area contributed by atoms with Gasteiger partial charge in [-0.3, -0.25) is 4.79 Å². The number of sulfonamides is 1. The van der Waals surface area contributed by atoms with Crippen molar-refractivity contribution < 1.29 is 18.3 Å². The molecule has 0 aromatic carbocycles. The first-order valence-electron chi connectivity index (χ1n) is 7.71. The lowest BCUT2D eigenvalue weighted by Crippen LogP contribution is -2.43. The minimum Gasteiger partial charge on any atom is -0.481 e. The number of fused-ring (bicyclic) bond motifs is 2. The fourth-order valence-electron chi connectivity index (χ4n) is 3.92. The lowest BCUT2D eigenvalue weighted by atomic mass is 9.83. The van der Waals surface area contributed by atoms with E-state index in [2.05, 4.69) is 10.8 Å². The van der Waals surface area contributed by atoms with Crippen molar-refractivity contribution in [1.82, 2.24) is 4.72 Å². The summed E-state index contributed by atoms with van der Waals surface area (Å²) in [4.78, 5) is 10.4. The third-order valence-electron chi connectivity index (χ3n) is 4.77. The van der Waals surface area contributed by atoms with E-state index in [0.717, 1.165) is 25.7 Å². The summed E-state index contributed by atoms with van der Waals surface area (Å²) in [6.45, 7) is 0. The Morgan fingerprint density at radius 2 is 2.00 bits per heavy atom. The zero-order chi connectivity index (χ0) is 15.5. The first kappa shape index (κ1) is 16.5. The first-order chi connectivity index (χ1) is 9.87. The Bertz CT molecular complexity index is 500. The van der Waals surface area contributed by atoms with Crippen LogP contribution in [-0.2, 0) is 14.8 Å². The second-order valence-corrected chi connectivity index (χ2v) is 8.19. The molecule has 4 unspecified atom stereocenters. The minimum atomic E-state index is -3.15. The number of aliphatic carboxylic acids is 1. The molecule has 0 saturated heterocycles. The molecule has 0 aromatic rings. The Labute approximate surface area is 126 Å². The van der Waals surface area contributed by atoms with E-state index < -0.39 is 16.0 Å². The van der Waals surface area contributed by atoms with E-state index in [9.17, 15) is 13.2 Å². The largest absolute Gasteiger partial charge is 0.481 e. The van der Waals surface area contributed by atoms with E-state index in [1.54, 1.807) is 0 Å². The summed E-state index contributed by atoms with van der Waals surface area (Å²) in [5.74, 6) is 0.774. The fraction of sp³-hybridized carbons (Fsp3) is 0.800. The number of allylic oxidation sites excluding steroid dienone is 2. The Morgan fingerprint density at radius 3 is 2.67 bits per heavy atom. The first-order valence-corrected chi connectivity index (χ1v) is 9.60. The molecule has 2 aliphatic carbocycles. The molecule has 0 aliphatic heterocycles. The molecule has 0 spiro atoms. The van der Waals surface area contributed by atoms with Crippen LogP contribution in [0.1, 0.15) is 44.9 Å². The molecule has 6 heteroatoms. The summed E-state index contributed by atoms with van der Waals surface area (Å²) in [5.41, 5.74) is 0. The molecule has 0 amide bonds. The normalized spacial score (nSPS) is 32.0. The molecule has 2 rings (SSSR count). The number of unbranched alkanes of at least 4 members (excludes halogenated alkanes) is 1. The predicted octanol–water partition coefficient (Wildman–Crippen LogP) is 2.15. The number of carboxylic acid groups (broad SMARTS) is 1. The molecule has 0 heterocycles. The van der Waals surface area contributed by atoms with Gasteiger partial charge >= 0.3 is 5.97 Å². The lowest BCUT2D eigenvalue weighted by molar-refractivity contribution is -0.137. The van der Waals surface area contributed by atoms with Crippen molar-refractivity contribution >= 4 is 16.0 Å². The Morgan fingerprint density at radius 1 is 1.29 bits per heavy atom. The molecule has 2 fully saturated rings. The molecule has 5 nitrogen and oxygen atoms in total. The Balaban J connectivity index is 1.83. The van der Waals surface area contributed by atoms with Gasteiger partial charge in [0, 0.05) is 12.5 Å². The van der Waals surface area contributed by atoms with Crippen molar-refractivity contribution in [3.05, 3.63) is 12.2 Å². The Hall–Kier alpha value is -0.880. The molecule has 2 bridgehead atoms. The number of carboxylic acids is 1. The van der Waals surface area contributed by atoms with E-state index in [1.165, 1.54) is 12.7 Å². The van der Waals surface area contributed by atoms with Gasteiger partial charge in [0.25, 0.3) is 0 Å². The van der Waals surface area contributed by atoms with E-state index >= 15 is 0 Å². The minimum absolute atomic E-state index is 0.0856. The van der Waals surface area contributed by atoms with Crippen molar-refractivity contribution in [3.8, 4) is 0 Å². The van der Waals surface area contributed by atoms with Crippen LogP contribution >= 0.6 is 0 Å². The van der Waals surface area contributed by atoms with Crippen molar-refractivity contribution in [2.24, 2.45) is 17.8 Å². The fourth-order valence-corrected chi connectivity index (χ4v) is 4.78. The van der Waals surface area contributed by atoms with Crippen LogP contribution in [0, 0.1) is 17.8 Å². The molecule has 2 aliphatic rings. The lowest BCUT2D eigenvalue weighted by Gasteiger charge is -2.30. The van der Waals surface area contributed by atoms with Crippen molar-refractivity contribution in [1.29, 1.82) is 0 Å². The summed E-state index contributed by atoms with van der Waals surface area (Å²) in [5, 5.41) is 8.57. The number of hydrogen-bond acceptors (Lipinski definition) is 3. The molecule has 0 radical (unpaired) electrons. The maximum absolute atomic E-state index is 11.5. The molecule has 0 aromatic heterocycles. The Kier molecular flexibility index (Phi) is 5.43. The maximum atomic E-state index is 11.5. The molecule has 2 N–H and O–H groups in total. The van der Waals surface area contributed by atoms with Crippen LogP contribution in [0.3, 0.4) is 0 Å². The third-order valence-corrected chi connectivity index (χ3v) is 5.48. The SMILES string of the molecule is CS(=O)(=O)NC1C2CCC(C2)C1C/C=C\CCCC(=O)O. The standard InChI is InChI=1S/C15H25NO4S/c1-21(19,20)16-15-12-9-8-11(10-12)13(15)6-4-2-3-5-7-14(17)18/h2,4,11-13,15-16H,3,5-10H2,1H3,(H,17,18)/b4-2-. The summed E-state index contributed by atoms with van der Waals surface area (Å²) < 4.78 is 25.8. The zero-order valence-electron chi connectivity index (χ0n) is 12.5. The highest BCUT2D eigenvalue weighted by Gasteiger charge is 2.47. The van der Waals surface area contributed by atoms with Gasteiger partial charge in [-0.1, -0.05) is 12.2 Å². The highest BCUT2D eigenvalue weighted by molar-refractivity contribution is 7.88. The van der Waals surface area contributed by atoms with Gasteiger partial charge in [-0.15, -0.1) is 0 Å². The van der Waals surface area contributed by atoms with Gasteiger partial charge in [0.15, 0.2) is 0 Å². The average Bonchev–Trinajstić information content (AvgIpc) is 2.93. The smallest absolute Gasteiger partial charge is 0.303 e. The van der Waals surface area contributed by atoms with Crippen LogP contribution in [0.4, 0.5) is 0 Å². The topological polar surface area (TPSA) is 83.5 Å². The quantitative estimate of drug-likeness (QED) is 0.531. The highest BCUT2D eigenvalue weighted by Crippen LogP contribution is 2.50. The van der Waals surface area contributed by atoms with Gasteiger partial charge in [-0.2, -0.15) is 0 Å². The van der Waals surface area contributed by atoms with Gasteiger partial charge in [0.05, 0.1) is 6.26 Å². The third kappa shape index (κ3) is 4.81. The van der Waals surface area contributed by atoms with Gasteiger partial charge in [-0.25, -0.2) is 13.1 Å². The van der Waals surface area contributed by atoms with Gasteiger partial charge in [-0.05, 0) is 56.3 Å². The molecule has 21 heavy (non-hydrogen) atoms. The van der Waals surface area contributed by atoms with E-state index in [0.29, 0.717) is 24.2 Å². The van der Waals surface area contributed by atoms with Crippen molar-refractivity contribution in [2.75, 3.05) is 6.26 Å². The number of carbonyl (C=O) groups is 1. The van der Waals surface area contributed by atoms with Crippen LogP contribution in [0.2, 0.25) is 0 Å². The second kappa shape index (κ2) is 6.92. The zero-order valence-corrected chi connectivity index (χ0v) is 13.3. The number of hydrogen-bond donors (Lipinski definition) is 2. The maximum Gasteiger partial charge on any atom is 0.303 e. The molecule has 2 saturated carbocycles. The number of nitrogens with one attached hydrogen (secondary N) is 1. The second-order valence-electron chi connectivity index (χ2n) is 6.41. The number of rotatable bonds is 8. The van der Waals surface area contributed by atoms with Crippen molar-refractivity contribution in [2.45, 2.75) is 51.0 Å². The van der Waals surface area contributed by atoms with Gasteiger partial charge < -0.3 is 5.11 Å². The monoisotopic (exact) mass is 315 g/mol. The summed E-state index contributed by atoms with van der Waals surface area (Å²) in [6.07, 6.45) is 11.4. The molecule has 4 atom stereocenters. The molecular formula is C15H25NO4S. The van der Waals surface area contributed by atoms with Gasteiger partial charge in [0.2, 0.25) is 10.0 Å². The van der Waals surface area contributed by atoms with Crippen LogP contribution < -0.4 is 4.72 Å². The van der Waals surface area contributed by atoms with E-state index in [4.69, 9.17) is 5.11 Å². The van der Waals surface area contributed by atoms with Crippen LogP contribution in [0.15, 0.2) is 12.2 Å².